The number of aryl methyl sites for hydroxylation is 1. The van der Waals surface area contributed by atoms with E-state index < -0.39 is 0 Å². The first-order chi connectivity index (χ1) is 9.15. The van der Waals surface area contributed by atoms with Crippen molar-refractivity contribution in [3.05, 3.63) is 53.3 Å². The van der Waals surface area contributed by atoms with Gasteiger partial charge in [0.2, 0.25) is 0 Å². The van der Waals surface area contributed by atoms with Gasteiger partial charge in [0.15, 0.2) is 0 Å². The zero-order chi connectivity index (χ0) is 13.4. The monoisotopic (exact) mass is 255 g/mol. The maximum absolute atomic E-state index is 14.0. The summed E-state index contributed by atoms with van der Waals surface area (Å²) in [5.41, 5.74) is 10.1. The highest BCUT2D eigenvalue weighted by Gasteiger charge is 2.19. The Labute approximate surface area is 113 Å². The summed E-state index contributed by atoms with van der Waals surface area (Å²) in [4.78, 5) is 0. The molecule has 1 nitrogen and oxygen atoms in total. The molecule has 0 amide bonds. The van der Waals surface area contributed by atoms with E-state index in [1.807, 2.05) is 19.1 Å². The normalized spacial score (nSPS) is 15.3. The van der Waals surface area contributed by atoms with E-state index in [-0.39, 0.29) is 5.82 Å². The van der Waals surface area contributed by atoms with Crippen LogP contribution in [0.1, 0.15) is 36.3 Å². The standard InChI is InChI=1S/C17H18FN/c1-11-9-16(18)15(10-17(11)19)14-7-5-13(6-8-14)12-3-2-4-12/h5-10,12H,2-4,19H2,1H3. The van der Waals surface area contributed by atoms with Crippen molar-refractivity contribution < 1.29 is 4.39 Å². The Kier molecular flexibility index (Phi) is 3.02. The summed E-state index contributed by atoms with van der Waals surface area (Å²) in [5.74, 6) is 0.505. The lowest BCUT2D eigenvalue weighted by Crippen LogP contribution is -2.08. The van der Waals surface area contributed by atoms with Crippen molar-refractivity contribution in [3.63, 3.8) is 0 Å². The third-order valence-corrected chi connectivity index (χ3v) is 4.15. The highest BCUT2D eigenvalue weighted by Crippen LogP contribution is 2.37. The summed E-state index contributed by atoms with van der Waals surface area (Å²) in [7, 11) is 0. The molecule has 2 N–H and O–H groups in total. The van der Waals surface area contributed by atoms with Crippen molar-refractivity contribution in [2.24, 2.45) is 0 Å². The van der Waals surface area contributed by atoms with Crippen molar-refractivity contribution in [1.82, 2.24) is 0 Å². The Morgan fingerprint density at radius 1 is 1.11 bits per heavy atom. The molecule has 0 saturated heterocycles. The number of anilines is 1. The van der Waals surface area contributed by atoms with Crippen molar-refractivity contribution >= 4 is 5.69 Å². The first-order valence-corrected chi connectivity index (χ1v) is 6.81. The molecule has 2 aromatic rings. The quantitative estimate of drug-likeness (QED) is 0.776. The van der Waals surface area contributed by atoms with Crippen LogP contribution in [0.15, 0.2) is 36.4 Å². The molecule has 0 bridgehead atoms. The highest BCUT2D eigenvalue weighted by molar-refractivity contribution is 5.69. The van der Waals surface area contributed by atoms with E-state index in [2.05, 4.69) is 12.1 Å². The summed E-state index contributed by atoms with van der Waals surface area (Å²) in [6.07, 6.45) is 3.89. The van der Waals surface area contributed by atoms with Gasteiger partial charge in [-0.3, -0.25) is 0 Å². The van der Waals surface area contributed by atoms with Crippen molar-refractivity contribution in [2.75, 3.05) is 5.73 Å². The summed E-state index contributed by atoms with van der Waals surface area (Å²) in [6.45, 7) is 1.82. The zero-order valence-corrected chi connectivity index (χ0v) is 11.1. The number of benzene rings is 2. The predicted octanol–water partition coefficient (Wildman–Crippen LogP) is 4.65. The molecule has 1 fully saturated rings. The van der Waals surface area contributed by atoms with Gasteiger partial charge in [0, 0.05) is 11.3 Å². The van der Waals surface area contributed by atoms with Crippen LogP contribution in [0.4, 0.5) is 10.1 Å². The first kappa shape index (κ1) is 12.2. The SMILES string of the molecule is Cc1cc(F)c(-c2ccc(C3CCC3)cc2)cc1N. The molecule has 0 aliphatic heterocycles. The molecule has 19 heavy (non-hydrogen) atoms. The molecule has 2 heteroatoms. The van der Waals surface area contributed by atoms with Crippen molar-refractivity contribution in [1.29, 1.82) is 0 Å². The smallest absolute Gasteiger partial charge is 0.131 e. The highest BCUT2D eigenvalue weighted by atomic mass is 19.1. The van der Waals surface area contributed by atoms with Crippen LogP contribution in [0.5, 0.6) is 0 Å². The molecule has 0 heterocycles. The molecule has 1 saturated carbocycles. The molecular weight excluding hydrogens is 237 g/mol. The fourth-order valence-corrected chi connectivity index (χ4v) is 2.59. The zero-order valence-electron chi connectivity index (χ0n) is 11.1. The van der Waals surface area contributed by atoms with Crippen LogP contribution < -0.4 is 5.73 Å². The molecule has 1 aliphatic carbocycles. The fraction of sp³-hybridized carbons (Fsp3) is 0.294. The summed E-state index contributed by atoms with van der Waals surface area (Å²) in [6, 6.07) is 11.5. The number of hydrogen-bond acceptors (Lipinski definition) is 1. The largest absolute Gasteiger partial charge is 0.398 e. The van der Waals surface area contributed by atoms with Gasteiger partial charge in [-0.05, 0) is 54.5 Å². The second kappa shape index (κ2) is 4.69. The van der Waals surface area contributed by atoms with Crippen LogP contribution in [0.3, 0.4) is 0 Å². The average Bonchev–Trinajstić information content (AvgIpc) is 2.33. The van der Waals surface area contributed by atoms with Gasteiger partial charge in [-0.25, -0.2) is 4.39 Å². The number of hydrogen-bond donors (Lipinski definition) is 1. The van der Waals surface area contributed by atoms with Gasteiger partial charge >= 0.3 is 0 Å². The van der Waals surface area contributed by atoms with Gasteiger partial charge in [-0.2, -0.15) is 0 Å². The summed E-state index contributed by atoms with van der Waals surface area (Å²) in [5, 5.41) is 0. The minimum absolute atomic E-state index is 0.205. The third kappa shape index (κ3) is 2.23. The molecule has 0 unspecified atom stereocenters. The molecule has 98 valence electrons. The second-order valence-electron chi connectivity index (χ2n) is 5.44. The summed E-state index contributed by atoms with van der Waals surface area (Å²) < 4.78 is 14.0. The van der Waals surface area contributed by atoms with Crippen LogP contribution in [-0.2, 0) is 0 Å². The van der Waals surface area contributed by atoms with E-state index >= 15 is 0 Å². The van der Waals surface area contributed by atoms with E-state index in [4.69, 9.17) is 5.73 Å². The van der Waals surface area contributed by atoms with E-state index in [0.717, 1.165) is 11.1 Å². The molecular formula is C17H18FN. The van der Waals surface area contributed by atoms with Crippen LogP contribution in [-0.4, -0.2) is 0 Å². The molecule has 1 aliphatic rings. The van der Waals surface area contributed by atoms with Crippen molar-refractivity contribution in [2.45, 2.75) is 32.1 Å². The minimum atomic E-state index is -0.205. The van der Waals surface area contributed by atoms with Crippen molar-refractivity contribution in [3.8, 4) is 11.1 Å². The van der Waals surface area contributed by atoms with E-state index in [0.29, 0.717) is 17.2 Å². The Hall–Kier alpha value is -1.83. The molecule has 0 spiro atoms. The molecule has 0 radical (unpaired) electrons. The van der Waals surface area contributed by atoms with Crippen LogP contribution in [0, 0.1) is 12.7 Å². The van der Waals surface area contributed by atoms with E-state index in [1.165, 1.54) is 30.9 Å². The minimum Gasteiger partial charge on any atom is -0.398 e. The third-order valence-electron chi connectivity index (χ3n) is 4.15. The lowest BCUT2D eigenvalue weighted by atomic mass is 9.80. The lowest BCUT2D eigenvalue weighted by Gasteiger charge is -2.25. The second-order valence-corrected chi connectivity index (χ2v) is 5.44. The maximum Gasteiger partial charge on any atom is 0.131 e. The Morgan fingerprint density at radius 3 is 2.37 bits per heavy atom. The van der Waals surface area contributed by atoms with E-state index in [1.54, 1.807) is 6.07 Å². The predicted molar refractivity (Wildman–Crippen MR) is 77.6 cm³/mol. The number of nitrogen functional groups attached to an aromatic ring is 1. The fourth-order valence-electron chi connectivity index (χ4n) is 2.59. The van der Waals surface area contributed by atoms with Gasteiger partial charge in [0.05, 0.1) is 0 Å². The number of nitrogens with two attached hydrogens (primary N) is 1. The Morgan fingerprint density at radius 2 is 1.79 bits per heavy atom. The topological polar surface area (TPSA) is 26.0 Å². The Bertz CT molecular complexity index is 597. The molecule has 3 rings (SSSR count). The molecule has 0 aromatic heterocycles. The Balaban J connectivity index is 1.95. The van der Waals surface area contributed by atoms with Gasteiger partial charge in [-0.1, -0.05) is 30.7 Å². The molecule has 0 atom stereocenters. The number of halogens is 1. The van der Waals surface area contributed by atoms with Crippen LogP contribution in [0.2, 0.25) is 0 Å². The van der Waals surface area contributed by atoms with Gasteiger partial charge in [-0.15, -0.1) is 0 Å². The summed E-state index contributed by atoms with van der Waals surface area (Å²) >= 11 is 0. The average molecular weight is 255 g/mol. The molecule has 2 aromatic carbocycles. The first-order valence-electron chi connectivity index (χ1n) is 6.81. The van der Waals surface area contributed by atoms with E-state index in [9.17, 15) is 4.39 Å². The van der Waals surface area contributed by atoms with Gasteiger partial charge in [0.25, 0.3) is 0 Å². The maximum atomic E-state index is 14.0. The number of rotatable bonds is 2. The van der Waals surface area contributed by atoms with Gasteiger partial charge < -0.3 is 5.73 Å². The lowest BCUT2D eigenvalue weighted by molar-refractivity contribution is 0.420. The van der Waals surface area contributed by atoms with Gasteiger partial charge in [0.1, 0.15) is 5.82 Å². The van der Waals surface area contributed by atoms with Crippen LogP contribution in [0.25, 0.3) is 11.1 Å². The van der Waals surface area contributed by atoms with Crippen LogP contribution >= 0.6 is 0 Å².